The Balaban J connectivity index is 1.33. The van der Waals surface area contributed by atoms with Gasteiger partial charge in [0.15, 0.2) is 0 Å². The van der Waals surface area contributed by atoms with Gasteiger partial charge in [0.1, 0.15) is 11.2 Å². The molecule has 5 heterocycles. The highest BCUT2D eigenvalue weighted by atomic mass is 16.3. The highest BCUT2D eigenvalue weighted by molar-refractivity contribution is 7.02. The van der Waals surface area contributed by atoms with Crippen LogP contribution in [0.1, 0.15) is 79.0 Å². The van der Waals surface area contributed by atoms with Gasteiger partial charge >= 0.3 is 0 Å². The van der Waals surface area contributed by atoms with Gasteiger partial charge in [-0.15, -0.1) is 0 Å². The Morgan fingerprint density at radius 1 is 0.417 bits per heavy atom. The first kappa shape index (κ1) is 34.6. The van der Waals surface area contributed by atoms with Crippen molar-refractivity contribution in [1.29, 1.82) is 0 Å². The molecule has 0 aliphatic carbocycles. The molecule has 0 atom stereocenters. The van der Waals surface area contributed by atoms with Gasteiger partial charge < -0.3 is 13.6 Å². The molecule has 2 aliphatic rings. The van der Waals surface area contributed by atoms with E-state index in [2.05, 4.69) is 193 Å². The van der Waals surface area contributed by atoms with E-state index < -0.39 is 0 Å². The van der Waals surface area contributed by atoms with Crippen molar-refractivity contribution in [2.75, 3.05) is 0 Å². The fraction of sp³-hybridized carbons (Fsp3) is 0.214. The lowest BCUT2D eigenvalue weighted by Crippen LogP contribution is -2.59. The number of furan rings is 1. The average Bonchev–Trinajstić information content (AvgIpc) is 3.87. The number of para-hydroxylation sites is 1. The quantitative estimate of drug-likeness (QED) is 0.111. The van der Waals surface area contributed by atoms with Crippen LogP contribution in [0.15, 0.2) is 126 Å². The summed E-state index contributed by atoms with van der Waals surface area (Å²) in [6, 6.07) is 46.9. The molecule has 11 aromatic rings. The zero-order valence-electron chi connectivity index (χ0n) is 35.9. The van der Waals surface area contributed by atoms with Crippen LogP contribution < -0.4 is 16.4 Å². The predicted molar refractivity (Wildman–Crippen MR) is 258 cm³/mol. The molecular weight excluding hydrogens is 727 g/mol. The number of benzene rings is 8. The number of nitrogens with zero attached hydrogens (tertiary/aromatic N) is 2. The maximum Gasteiger partial charge on any atom is 0.253 e. The summed E-state index contributed by atoms with van der Waals surface area (Å²) in [5.41, 5.74) is 17.6. The normalized spacial score (nSPS) is 14.1. The van der Waals surface area contributed by atoms with E-state index in [1.807, 2.05) is 0 Å². The number of hydrogen-bond acceptors (Lipinski definition) is 1. The van der Waals surface area contributed by atoms with Crippen LogP contribution in [-0.4, -0.2) is 15.8 Å². The molecule has 3 aromatic heterocycles. The summed E-state index contributed by atoms with van der Waals surface area (Å²) in [4.78, 5) is 0. The molecule has 2 aliphatic heterocycles. The van der Waals surface area contributed by atoms with Crippen molar-refractivity contribution in [3.05, 3.63) is 138 Å². The van der Waals surface area contributed by atoms with Crippen LogP contribution in [0.5, 0.6) is 0 Å². The molecule has 0 saturated heterocycles. The smallest absolute Gasteiger partial charge is 0.253 e. The minimum absolute atomic E-state index is 0.00409. The van der Waals surface area contributed by atoms with Crippen molar-refractivity contribution in [3.8, 4) is 11.4 Å². The average molecular weight is 775 g/mol. The van der Waals surface area contributed by atoms with Crippen molar-refractivity contribution in [3.63, 3.8) is 0 Å². The lowest BCUT2D eigenvalue weighted by molar-refractivity contribution is 0.589. The number of aromatic nitrogens is 2. The molecule has 8 aromatic carbocycles. The van der Waals surface area contributed by atoms with Gasteiger partial charge in [0.05, 0.1) is 16.6 Å². The van der Waals surface area contributed by atoms with Crippen LogP contribution in [0, 0.1) is 0 Å². The van der Waals surface area contributed by atoms with Gasteiger partial charge in [0, 0.05) is 49.2 Å². The molecule has 0 fully saturated rings. The second-order valence-corrected chi connectivity index (χ2v) is 21.0. The summed E-state index contributed by atoms with van der Waals surface area (Å²) in [5.74, 6) is 0. The first-order valence-corrected chi connectivity index (χ1v) is 21.7. The van der Waals surface area contributed by atoms with Gasteiger partial charge in [0.2, 0.25) is 0 Å². The zero-order valence-corrected chi connectivity index (χ0v) is 35.9. The van der Waals surface area contributed by atoms with E-state index in [1.54, 1.807) is 0 Å². The van der Waals surface area contributed by atoms with Gasteiger partial charge in [-0.05, 0) is 113 Å². The fourth-order valence-electron chi connectivity index (χ4n) is 11.3. The highest BCUT2D eigenvalue weighted by Crippen LogP contribution is 2.47. The Hall–Kier alpha value is -6.26. The van der Waals surface area contributed by atoms with E-state index in [-0.39, 0.29) is 23.0 Å². The van der Waals surface area contributed by atoms with Crippen LogP contribution >= 0.6 is 0 Å². The maximum absolute atomic E-state index is 6.92. The van der Waals surface area contributed by atoms with Crippen LogP contribution in [0.2, 0.25) is 0 Å². The van der Waals surface area contributed by atoms with E-state index in [0.717, 1.165) is 11.2 Å². The third-order valence-electron chi connectivity index (χ3n) is 14.3. The molecule has 290 valence electrons. The van der Waals surface area contributed by atoms with E-state index in [4.69, 9.17) is 4.42 Å². The van der Waals surface area contributed by atoms with Crippen molar-refractivity contribution < 1.29 is 4.42 Å². The Kier molecular flexibility index (Phi) is 6.29. The van der Waals surface area contributed by atoms with Crippen molar-refractivity contribution in [2.45, 2.75) is 78.6 Å². The number of fused-ring (bicyclic) bond motifs is 18. The molecule has 60 heavy (non-hydrogen) atoms. The third-order valence-corrected chi connectivity index (χ3v) is 14.3. The predicted octanol–water partition coefficient (Wildman–Crippen LogP) is 13.1. The highest BCUT2D eigenvalue weighted by Gasteiger charge is 2.44. The van der Waals surface area contributed by atoms with Crippen molar-refractivity contribution >= 4 is 110 Å². The summed E-state index contributed by atoms with van der Waals surface area (Å²) >= 11 is 0. The molecule has 0 amide bonds. The Labute approximate surface area is 350 Å². The minimum Gasteiger partial charge on any atom is -0.456 e. The maximum atomic E-state index is 6.92. The van der Waals surface area contributed by atoms with Crippen molar-refractivity contribution in [2.24, 2.45) is 0 Å². The van der Waals surface area contributed by atoms with E-state index >= 15 is 0 Å². The molecular formula is C56H47BN2O. The fourth-order valence-corrected chi connectivity index (χ4v) is 11.3. The molecule has 0 saturated carbocycles. The van der Waals surface area contributed by atoms with E-state index in [1.165, 1.54) is 120 Å². The van der Waals surface area contributed by atoms with Gasteiger partial charge in [0.25, 0.3) is 6.71 Å². The zero-order chi connectivity index (χ0) is 40.9. The number of hydrogen-bond donors (Lipinski definition) is 0. The Bertz CT molecular complexity index is 3770. The second kappa shape index (κ2) is 10.9. The first-order chi connectivity index (χ1) is 28.7. The SMILES string of the molecule is CC(C)(C)c1cc2c3c(c1)-n1c4cc(C(C)(C)C)ccc4c4c5c(cc(c41)B3c1c3ccc4ccccc4c3cc3c4ccc(C(C)(C)C)cc4n-2c13)oc1ccccc15. The summed E-state index contributed by atoms with van der Waals surface area (Å²) in [5, 5.41) is 12.8. The molecule has 0 bridgehead atoms. The molecule has 3 nitrogen and oxygen atoms in total. The van der Waals surface area contributed by atoms with Gasteiger partial charge in [-0.3, -0.25) is 0 Å². The topological polar surface area (TPSA) is 23.0 Å². The molecule has 0 unspecified atom stereocenters. The largest absolute Gasteiger partial charge is 0.456 e. The molecule has 13 rings (SSSR count). The lowest BCUT2D eigenvalue weighted by atomic mass is 9.33. The standard InChI is InChI=1S/C56H47BN2O/c1-54(2,3)31-19-22-35-40-28-39-34-15-11-10-14-30(34)18-21-36(39)50-52(40)58(42(35)24-31)44-26-33(56(7,8)9)27-45-51(44)57(50)41-29-47-48(38-16-12-13-17-46(38)60-47)49-37-23-20-32(55(4,5)6)25-43(37)59(45)53(41)49/h10-29H,1-9H3. The first-order valence-electron chi connectivity index (χ1n) is 21.7. The summed E-state index contributed by atoms with van der Waals surface area (Å²) in [6.45, 7) is 21.1. The van der Waals surface area contributed by atoms with E-state index in [9.17, 15) is 0 Å². The third kappa shape index (κ3) is 4.27. The van der Waals surface area contributed by atoms with E-state index in [0.29, 0.717) is 0 Å². The Morgan fingerprint density at radius 2 is 1.02 bits per heavy atom. The molecule has 0 spiro atoms. The number of rotatable bonds is 0. The minimum atomic E-state index is -0.0914. The van der Waals surface area contributed by atoms with Gasteiger partial charge in [-0.25, -0.2) is 0 Å². The van der Waals surface area contributed by atoms with Gasteiger partial charge in [-0.1, -0.05) is 141 Å². The van der Waals surface area contributed by atoms with Crippen LogP contribution in [0.3, 0.4) is 0 Å². The Morgan fingerprint density at radius 3 is 1.72 bits per heavy atom. The van der Waals surface area contributed by atoms with Crippen LogP contribution in [0.4, 0.5) is 0 Å². The van der Waals surface area contributed by atoms with Crippen LogP contribution in [0.25, 0.3) is 98.5 Å². The van der Waals surface area contributed by atoms with Crippen molar-refractivity contribution in [1.82, 2.24) is 9.13 Å². The lowest BCUT2D eigenvalue weighted by Gasteiger charge is -2.36. The molecule has 0 radical (unpaired) electrons. The second-order valence-electron chi connectivity index (χ2n) is 21.0. The summed E-state index contributed by atoms with van der Waals surface area (Å²) < 4.78 is 12.3. The van der Waals surface area contributed by atoms with Gasteiger partial charge in [-0.2, -0.15) is 0 Å². The summed E-state index contributed by atoms with van der Waals surface area (Å²) in [6.07, 6.45) is 0. The molecule has 0 N–H and O–H groups in total. The van der Waals surface area contributed by atoms with Crippen LogP contribution in [-0.2, 0) is 16.2 Å². The molecule has 4 heteroatoms. The summed E-state index contributed by atoms with van der Waals surface area (Å²) in [7, 11) is 0. The monoisotopic (exact) mass is 774 g/mol.